The van der Waals surface area contributed by atoms with E-state index in [0.29, 0.717) is 17.4 Å². The lowest BCUT2D eigenvalue weighted by Gasteiger charge is -2.35. The average molecular weight is 453 g/mol. The van der Waals surface area contributed by atoms with Crippen LogP contribution >= 0.6 is 24.0 Å². The Hall–Kier alpha value is -0.0800. The summed E-state index contributed by atoms with van der Waals surface area (Å²) in [6.07, 6.45) is 7.21. The van der Waals surface area contributed by atoms with Crippen molar-refractivity contribution >= 4 is 29.9 Å². The molecule has 0 aromatic rings. The van der Waals surface area contributed by atoms with Crippen LogP contribution in [0.2, 0.25) is 0 Å². The molecule has 1 aliphatic heterocycles. The normalized spacial score (nSPS) is 24.5. The van der Waals surface area contributed by atoms with Crippen LogP contribution in [0.15, 0.2) is 4.99 Å². The van der Waals surface area contributed by atoms with Crippen molar-refractivity contribution in [3.8, 4) is 0 Å². The van der Waals surface area contributed by atoms with Gasteiger partial charge in [0.1, 0.15) is 0 Å². The van der Waals surface area contributed by atoms with Crippen LogP contribution in [0.3, 0.4) is 0 Å². The maximum absolute atomic E-state index is 5.73. The Bertz CT molecular complexity index is 361. The molecule has 1 saturated heterocycles. The maximum atomic E-state index is 5.73. The van der Waals surface area contributed by atoms with Gasteiger partial charge in [-0.2, -0.15) is 0 Å². The first-order valence-corrected chi connectivity index (χ1v) is 9.22. The number of nitrogens with zero attached hydrogens (tertiary/aromatic N) is 1. The topological polar surface area (TPSA) is 54.9 Å². The lowest BCUT2D eigenvalue weighted by atomic mass is 9.75. The van der Waals surface area contributed by atoms with Gasteiger partial charge in [0.15, 0.2) is 5.96 Å². The first-order valence-electron chi connectivity index (χ1n) is 9.22. The smallest absolute Gasteiger partial charge is 0.191 e. The molecule has 142 valence electrons. The van der Waals surface area contributed by atoms with Crippen molar-refractivity contribution in [1.82, 2.24) is 10.6 Å². The Balaban J connectivity index is 0.00000288. The number of nitrogens with one attached hydrogen (secondary N) is 2. The SMILES string of the molecule is CN=C(NCCCOCC1CCOC1)NC1CCC(C)(C)CC1.I. The van der Waals surface area contributed by atoms with Gasteiger partial charge in [-0.05, 0) is 43.9 Å². The first kappa shape index (κ1) is 22.0. The second kappa shape index (κ2) is 11.5. The maximum Gasteiger partial charge on any atom is 0.191 e. The predicted molar refractivity (Wildman–Crippen MR) is 110 cm³/mol. The highest BCUT2D eigenvalue weighted by molar-refractivity contribution is 14.0. The van der Waals surface area contributed by atoms with E-state index in [1.807, 2.05) is 7.05 Å². The lowest BCUT2D eigenvalue weighted by Crippen LogP contribution is -2.45. The summed E-state index contributed by atoms with van der Waals surface area (Å²) in [5, 5.41) is 6.96. The van der Waals surface area contributed by atoms with E-state index in [1.165, 1.54) is 25.7 Å². The summed E-state index contributed by atoms with van der Waals surface area (Å²) in [4.78, 5) is 4.34. The van der Waals surface area contributed by atoms with Gasteiger partial charge in [-0.15, -0.1) is 24.0 Å². The Morgan fingerprint density at radius 2 is 2.00 bits per heavy atom. The molecule has 0 aromatic carbocycles. The fraction of sp³-hybridized carbons (Fsp3) is 0.944. The second-order valence-electron chi connectivity index (χ2n) is 7.74. The number of hydrogen-bond donors (Lipinski definition) is 2. The largest absolute Gasteiger partial charge is 0.381 e. The predicted octanol–water partition coefficient (Wildman–Crippen LogP) is 3.18. The van der Waals surface area contributed by atoms with E-state index in [0.717, 1.165) is 51.8 Å². The van der Waals surface area contributed by atoms with E-state index >= 15 is 0 Å². The van der Waals surface area contributed by atoms with Gasteiger partial charge in [0.2, 0.25) is 0 Å². The van der Waals surface area contributed by atoms with E-state index in [1.54, 1.807) is 0 Å². The Labute approximate surface area is 164 Å². The number of guanidine groups is 1. The number of hydrogen-bond acceptors (Lipinski definition) is 3. The standard InChI is InChI=1S/C18H35N3O2.HI/c1-18(2)8-5-16(6-9-18)21-17(19-3)20-10-4-11-22-13-15-7-12-23-14-15;/h15-16H,4-14H2,1-3H3,(H2,19,20,21);1H. The van der Waals surface area contributed by atoms with Crippen molar-refractivity contribution in [2.45, 2.75) is 58.4 Å². The van der Waals surface area contributed by atoms with E-state index in [9.17, 15) is 0 Å². The van der Waals surface area contributed by atoms with Gasteiger partial charge in [-0.3, -0.25) is 4.99 Å². The summed E-state index contributed by atoms with van der Waals surface area (Å²) in [7, 11) is 1.85. The van der Waals surface area contributed by atoms with Gasteiger partial charge in [-0.1, -0.05) is 13.8 Å². The van der Waals surface area contributed by atoms with E-state index in [2.05, 4.69) is 29.5 Å². The molecule has 0 bridgehead atoms. The molecule has 2 N–H and O–H groups in total. The van der Waals surface area contributed by atoms with Crippen LogP contribution in [0.25, 0.3) is 0 Å². The van der Waals surface area contributed by atoms with Gasteiger partial charge in [0.25, 0.3) is 0 Å². The van der Waals surface area contributed by atoms with Crippen LogP contribution in [0.5, 0.6) is 0 Å². The molecule has 1 atom stereocenters. The lowest BCUT2D eigenvalue weighted by molar-refractivity contribution is 0.0888. The summed E-state index contributed by atoms with van der Waals surface area (Å²) in [6, 6.07) is 0.563. The van der Waals surface area contributed by atoms with Crippen LogP contribution in [0.1, 0.15) is 52.4 Å². The van der Waals surface area contributed by atoms with Gasteiger partial charge >= 0.3 is 0 Å². The molecule has 1 unspecified atom stereocenters. The molecule has 5 nitrogen and oxygen atoms in total. The van der Waals surface area contributed by atoms with Crippen LogP contribution < -0.4 is 10.6 Å². The second-order valence-corrected chi connectivity index (χ2v) is 7.74. The van der Waals surface area contributed by atoms with E-state index < -0.39 is 0 Å². The van der Waals surface area contributed by atoms with Crippen molar-refractivity contribution in [2.24, 2.45) is 16.3 Å². The van der Waals surface area contributed by atoms with E-state index in [-0.39, 0.29) is 24.0 Å². The monoisotopic (exact) mass is 453 g/mol. The highest BCUT2D eigenvalue weighted by Gasteiger charge is 2.27. The van der Waals surface area contributed by atoms with Crippen LogP contribution in [0.4, 0.5) is 0 Å². The summed E-state index contributed by atoms with van der Waals surface area (Å²) in [5.74, 6) is 1.53. The average Bonchev–Trinajstić information content (AvgIpc) is 3.04. The highest BCUT2D eigenvalue weighted by Crippen LogP contribution is 2.34. The van der Waals surface area contributed by atoms with Crippen molar-refractivity contribution in [3.05, 3.63) is 0 Å². The fourth-order valence-electron chi connectivity index (χ4n) is 3.28. The molecule has 2 fully saturated rings. The fourth-order valence-corrected chi connectivity index (χ4v) is 3.28. The van der Waals surface area contributed by atoms with Gasteiger partial charge < -0.3 is 20.1 Å². The van der Waals surface area contributed by atoms with Crippen molar-refractivity contribution in [3.63, 3.8) is 0 Å². The van der Waals surface area contributed by atoms with Crippen LogP contribution in [-0.4, -0.2) is 52.0 Å². The summed E-state index contributed by atoms with van der Waals surface area (Å²) in [6.45, 7) is 9.05. The third-order valence-electron chi connectivity index (χ3n) is 5.04. The van der Waals surface area contributed by atoms with Crippen molar-refractivity contribution in [2.75, 3.05) is 40.0 Å². The minimum absolute atomic E-state index is 0. The minimum atomic E-state index is 0. The first-order chi connectivity index (χ1) is 11.1. The molecule has 6 heteroatoms. The number of aliphatic imine (C=N–C) groups is 1. The molecule has 1 saturated carbocycles. The summed E-state index contributed by atoms with van der Waals surface area (Å²) in [5.41, 5.74) is 0.511. The Morgan fingerprint density at radius 3 is 2.62 bits per heavy atom. The Morgan fingerprint density at radius 1 is 1.25 bits per heavy atom. The van der Waals surface area contributed by atoms with E-state index in [4.69, 9.17) is 9.47 Å². The molecular weight excluding hydrogens is 417 g/mol. The third kappa shape index (κ3) is 8.34. The van der Waals surface area contributed by atoms with Crippen molar-refractivity contribution in [1.29, 1.82) is 0 Å². The molecule has 2 aliphatic rings. The Kier molecular flexibility index (Phi) is 10.5. The molecule has 1 heterocycles. The molecule has 1 aliphatic carbocycles. The van der Waals surface area contributed by atoms with Crippen LogP contribution in [0, 0.1) is 11.3 Å². The molecule has 2 rings (SSSR count). The molecule has 0 amide bonds. The molecule has 24 heavy (non-hydrogen) atoms. The van der Waals surface area contributed by atoms with Gasteiger partial charge in [0.05, 0.1) is 13.2 Å². The zero-order chi connectivity index (χ0) is 16.5. The summed E-state index contributed by atoms with van der Waals surface area (Å²) >= 11 is 0. The molecule has 0 radical (unpaired) electrons. The number of halogens is 1. The summed E-state index contributed by atoms with van der Waals surface area (Å²) < 4.78 is 11.1. The van der Waals surface area contributed by atoms with Gasteiger partial charge in [0, 0.05) is 38.8 Å². The minimum Gasteiger partial charge on any atom is -0.381 e. The van der Waals surface area contributed by atoms with Crippen molar-refractivity contribution < 1.29 is 9.47 Å². The molecular formula is C18H36IN3O2. The molecule has 0 spiro atoms. The number of rotatable bonds is 7. The quantitative estimate of drug-likeness (QED) is 0.269. The number of ether oxygens (including phenoxy) is 2. The van der Waals surface area contributed by atoms with Crippen LogP contribution in [-0.2, 0) is 9.47 Å². The molecule has 0 aromatic heterocycles. The zero-order valence-electron chi connectivity index (χ0n) is 15.6. The zero-order valence-corrected chi connectivity index (χ0v) is 17.9. The third-order valence-corrected chi connectivity index (χ3v) is 5.04. The highest BCUT2D eigenvalue weighted by atomic mass is 127. The van der Waals surface area contributed by atoms with Gasteiger partial charge in [-0.25, -0.2) is 0 Å².